The standard InChI is InChI=1S/C12H19NO2/c1-12(2,3)15-13-9-11(14)10-7-5-4-6-8-10/h4-8,11,13-14H,9H2,1-3H3. The van der Waals surface area contributed by atoms with Gasteiger partial charge in [-0.15, -0.1) is 0 Å². The van der Waals surface area contributed by atoms with Gasteiger partial charge in [-0.2, -0.15) is 5.48 Å². The zero-order valence-electron chi connectivity index (χ0n) is 9.53. The van der Waals surface area contributed by atoms with Crippen LogP contribution in [-0.4, -0.2) is 17.3 Å². The third-order valence-corrected chi connectivity index (χ3v) is 1.84. The third kappa shape index (κ3) is 4.93. The Hall–Kier alpha value is -0.900. The lowest BCUT2D eigenvalue weighted by molar-refractivity contribution is -0.0834. The fraction of sp³-hybridized carbons (Fsp3) is 0.500. The summed E-state index contributed by atoms with van der Waals surface area (Å²) in [4.78, 5) is 5.31. The van der Waals surface area contributed by atoms with E-state index >= 15 is 0 Å². The van der Waals surface area contributed by atoms with Crippen molar-refractivity contribution in [2.24, 2.45) is 0 Å². The van der Waals surface area contributed by atoms with E-state index in [-0.39, 0.29) is 5.60 Å². The Morgan fingerprint density at radius 1 is 1.27 bits per heavy atom. The number of aliphatic hydroxyl groups is 1. The molecule has 0 heterocycles. The van der Waals surface area contributed by atoms with E-state index in [4.69, 9.17) is 4.84 Å². The van der Waals surface area contributed by atoms with Gasteiger partial charge in [-0.1, -0.05) is 30.3 Å². The van der Waals surface area contributed by atoms with Gasteiger partial charge in [0.2, 0.25) is 0 Å². The van der Waals surface area contributed by atoms with Crippen molar-refractivity contribution in [3.8, 4) is 0 Å². The van der Waals surface area contributed by atoms with Crippen LogP contribution in [0.3, 0.4) is 0 Å². The molecule has 0 aliphatic heterocycles. The van der Waals surface area contributed by atoms with Gasteiger partial charge in [0.15, 0.2) is 0 Å². The average Bonchev–Trinajstić information content (AvgIpc) is 2.17. The molecule has 0 radical (unpaired) electrons. The van der Waals surface area contributed by atoms with E-state index in [0.29, 0.717) is 6.54 Å². The van der Waals surface area contributed by atoms with Crippen LogP contribution < -0.4 is 5.48 Å². The molecule has 0 amide bonds. The Labute approximate surface area is 91.0 Å². The maximum absolute atomic E-state index is 9.77. The predicted molar refractivity (Wildman–Crippen MR) is 60.2 cm³/mol. The molecule has 1 aromatic rings. The highest BCUT2D eigenvalue weighted by Crippen LogP contribution is 2.11. The van der Waals surface area contributed by atoms with Gasteiger partial charge in [0.25, 0.3) is 0 Å². The summed E-state index contributed by atoms with van der Waals surface area (Å²) in [5, 5.41) is 9.77. The molecule has 1 rings (SSSR count). The summed E-state index contributed by atoms with van der Waals surface area (Å²) >= 11 is 0. The summed E-state index contributed by atoms with van der Waals surface area (Å²) in [7, 11) is 0. The number of hydrogen-bond donors (Lipinski definition) is 2. The second kappa shape index (κ2) is 5.26. The van der Waals surface area contributed by atoms with Crippen LogP contribution in [0, 0.1) is 0 Å². The van der Waals surface area contributed by atoms with E-state index in [9.17, 15) is 5.11 Å². The number of aliphatic hydroxyl groups excluding tert-OH is 1. The number of hydrogen-bond acceptors (Lipinski definition) is 3. The second-order valence-electron chi connectivity index (χ2n) is 4.49. The number of benzene rings is 1. The summed E-state index contributed by atoms with van der Waals surface area (Å²) in [5.74, 6) is 0. The SMILES string of the molecule is CC(C)(C)ONCC(O)c1ccccc1. The van der Waals surface area contributed by atoms with Gasteiger partial charge in [0.05, 0.1) is 18.2 Å². The lowest BCUT2D eigenvalue weighted by Gasteiger charge is -2.21. The summed E-state index contributed by atoms with van der Waals surface area (Å²) in [5.41, 5.74) is 3.43. The van der Waals surface area contributed by atoms with Gasteiger partial charge in [0.1, 0.15) is 0 Å². The van der Waals surface area contributed by atoms with E-state index in [1.54, 1.807) is 0 Å². The van der Waals surface area contributed by atoms with Crippen LogP contribution in [0.1, 0.15) is 32.4 Å². The van der Waals surface area contributed by atoms with Gasteiger partial charge < -0.3 is 5.11 Å². The highest BCUT2D eigenvalue weighted by molar-refractivity contribution is 5.17. The maximum Gasteiger partial charge on any atom is 0.0937 e. The fourth-order valence-corrected chi connectivity index (χ4v) is 1.13. The lowest BCUT2D eigenvalue weighted by atomic mass is 10.1. The van der Waals surface area contributed by atoms with E-state index in [2.05, 4.69) is 5.48 Å². The van der Waals surface area contributed by atoms with Crippen molar-refractivity contribution < 1.29 is 9.94 Å². The minimum atomic E-state index is -0.534. The Morgan fingerprint density at radius 3 is 2.40 bits per heavy atom. The molecule has 84 valence electrons. The minimum Gasteiger partial charge on any atom is -0.387 e. The monoisotopic (exact) mass is 209 g/mol. The molecular formula is C12H19NO2. The summed E-state index contributed by atoms with van der Waals surface area (Å²) in [6.07, 6.45) is -0.534. The molecule has 0 bridgehead atoms. The molecule has 0 aliphatic carbocycles. The molecule has 3 heteroatoms. The molecular weight excluding hydrogens is 190 g/mol. The van der Waals surface area contributed by atoms with Crippen LogP contribution in [0.5, 0.6) is 0 Å². The molecule has 1 atom stereocenters. The van der Waals surface area contributed by atoms with Crippen molar-refractivity contribution in [3.63, 3.8) is 0 Å². The first-order valence-electron chi connectivity index (χ1n) is 5.13. The Bertz CT molecular complexity index is 279. The Kier molecular flexibility index (Phi) is 4.27. The van der Waals surface area contributed by atoms with Gasteiger partial charge >= 0.3 is 0 Å². The largest absolute Gasteiger partial charge is 0.387 e. The number of hydroxylamine groups is 1. The smallest absolute Gasteiger partial charge is 0.0937 e. The lowest BCUT2D eigenvalue weighted by Crippen LogP contribution is -2.31. The van der Waals surface area contributed by atoms with Crippen molar-refractivity contribution in [2.45, 2.75) is 32.5 Å². The van der Waals surface area contributed by atoms with E-state index in [1.165, 1.54) is 0 Å². The molecule has 2 N–H and O–H groups in total. The zero-order valence-corrected chi connectivity index (χ0v) is 9.53. The molecule has 3 nitrogen and oxygen atoms in total. The summed E-state index contributed by atoms with van der Waals surface area (Å²) in [6, 6.07) is 9.52. The topological polar surface area (TPSA) is 41.5 Å². The number of rotatable bonds is 4. The van der Waals surface area contributed by atoms with Crippen molar-refractivity contribution >= 4 is 0 Å². The summed E-state index contributed by atoms with van der Waals surface area (Å²) < 4.78 is 0. The van der Waals surface area contributed by atoms with Crippen LogP contribution >= 0.6 is 0 Å². The van der Waals surface area contributed by atoms with E-state index in [0.717, 1.165) is 5.56 Å². The van der Waals surface area contributed by atoms with Gasteiger partial charge in [-0.25, -0.2) is 0 Å². The molecule has 1 aromatic carbocycles. The van der Waals surface area contributed by atoms with Crippen molar-refractivity contribution in [1.29, 1.82) is 0 Å². The highest BCUT2D eigenvalue weighted by atomic mass is 16.7. The molecule has 0 saturated carbocycles. The molecule has 0 spiro atoms. The van der Waals surface area contributed by atoms with Crippen molar-refractivity contribution in [3.05, 3.63) is 35.9 Å². The van der Waals surface area contributed by atoms with E-state index < -0.39 is 6.10 Å². The van der Waals surface area contributed by atoms with E-state index in [1.807, 2.05) is 51.1 Å². The second-order valence-corrected chi connectivity index (χ2v) is 4.49. The molecule has 1 unspecified atom stereocenters. The molecule has 0 aliphatic rings. The normalized spacial score (nSPS) is 13.9. The summed E-state index contributed by atoms with van der Waals surface area (Å²) in [6.45, 7) is 6.25. The molecule has 0 fully saturated rings. The van der Waals surface area contributed by atoms with Gasteiger partial charge in [0, 0.05) is 0 Å². The molecule has 15 heavy (non-hydrogen) atoms. The van der Waals surface area contributed by atoms with Crippen LogP contribution in [-0.2, 0) is 4.84 Å². The predicted octanol–water partition coefficient (Wildman–Crippen LogP) is 2.04. The maximum atomic E-state index is 9.77. The third-order valence-electron chi connectivity index (χ3n) is 1.84. The van der Waals surface area contributed by atoms with Crippen molar-refractivity contribution in [1.82, 2.24) is 5.48 Å². The molecule has 0 saturated heterocycles. The first-order chi connectivity index (χ1) is 6.99. The number of nitrogens with one attached hydrogen (secondary N) is 1. The first kappa shape index (κ1) is 12.2. The fourth-order valence-electron chi connectivity index (χ4n) is 1.13. The Morgan fingerprint density at radius 2 is 1.87 bits per heavy atom. The zero-order chi connectivity index (χ0) is 11.3. The van der Waals surface area contributed by atoms with Crippen LogP contribution in [0.2, 0.25) is 0 Å². The highest BCUT2D eigenvalue weighted by Gasteiger charge is 2.12. The average molecular weight is 209 g/mol. The van der Waals surface area contributed by atoms with Crippen LogP contribution in [0.4, 0.5) is 0 Å². The van der Waals surface area contributed by atoms with Crippen LogP contribution in [0.25, 0.3) is 0 Å². The molecule has 0 aromatic heterocycles. The van der Waals surface area contributed by atoms with Gasteiger partial charge in [-0.05, 0) is 26.3 Å². The minimum absolute atomic E-state index is 0.240. The Balaban J connectivity index is 2.34. The quantitative estimate of drug-likeness (QED) is 0.746. The van der Waals surface area contributed by atoms with Gasteiger partial charge in [-0.3, -0.25) is 4.84 Å². The van der Waals surface area contributed by atoms with Crippen LogP contribution in [0.15, 0.2) is 30.3 Å². The van der Waals surface area contributed by atoms with Crippen molar-refractivity contribution in [2.75, 3.05) is 6.54 Å². The first-order valence-corrected chi connectivity index (χ1v) is 5.13.